The molecule has 0 amide bonds. The van der Waals surface area contributed by atoms with Gasteiger partial charge in [-0.3, -0.25) is 0 Å². The lowest BCUT2D eigenvalue weighted by Crippen LogP contribution is -2.09. The van der Waals surface area contributed by atoms with Crippen LogP contribution in [0.3, 0.4) is 0 Å². The lowest BCUT2D eigenvalue weighted by Gasteiger charge is -1.99. The van der Waals surface area contributed by atoms with Crippen LogP contribution >= 0.6 is 0 Å². The van der Waals surface area contributed by atoms with Crippen molar-refractivity contribution in [2.45, 2.75) is 13.0 Å². The highest BCUT2D eigenvalue weighted by Gasteiger charge is 2.24. The lowest BCUT2D eigenvalue weighted by molar-refractivity contribution is -0.150. The van der Waals surface area contributed by atoms with Crippen molar-refractivity contribution in [2.24, 2.45) is 0 Å². The minimum Gasteiger partial charge on any atom is -0.459 e. The fourth-order valence-corrected chi connectivity index (χ4v) is 0.759. The van der Waals surface area contributed by atoms with E-state index in [0.29, 0.717) is 18.8 Å². The molecule has 0 bridgehead atoms. The first kappa shape index (κ1) is 16.8. The van der Waals surface area contributed by atoms with E-state index in [2.05, 4.69) is 24.5 Å². The van der Waals surface area contributed by atoms with Gasteiger partial charge in [0.2, 0.25) is 0 Å². The van der Waals surface area contributed by atoms with Crippen LogP contribution in [0.5, 0.6) is 0 Å². The Bertz CT molecular complexity index is 376. The molecule has 2 rings (SSSR count). The van der Waals surface area contributed by atoms with E-state index in [0.717, 1.165) is 12.2 Å². The van der Waals surface area contributed by atoms with E-state index in [1.807, 2.05) is 0 Å². The molecular formula is C13H16O6. The quantitative estimate of drug-likeness (QED) is 0.249. The van der Waals surface area contributed by atoms with Crippen LogP contribution in [-0.4, -0.2) is 37.2 Å². The molecular weight excluding hydrogens is 252 g/mol. The first-order valence-corrected chi connectivity index (χ1v) is 5.37. The molecule has 0 aromatic rings. The van der Waals surface area contributed by atoms with Crippen LogP contribution in [0, 0.1) is 0 Å². The summed E-state index contributed by atoms with van der Waals surface area (Å²) in [6.45, 7) is 12.1. The summed E-state index contributed by atoms with van der Waals surface area (Å²) in [5.74, 6) is -1.49. The Hall–Kier alpha value is -2.21. The van der Waals surface area contributed by atoms with Crippen molar-refractivity contribution in [3.05, 3.63) is 37.5 Å². The zero-order valence-electron chi connectivity index (χ0n) is 10.7. The average molecular weight is 268 g/mol. The predicted molar refractivity (Wildman–Crippen MR) is 67.0 cm³/mol. The summed E-state index contributed by atoms with van der Waals surface area (Å²) in [7, 11) is 0. The second-order valence-corrected chi connectivity index (χ2v) is 3.41. The Kier molecular flexibility index (Phi) is 7.79. The number of rotatable bonds is 3. The van der Waals surface area contributed by atoms with Gasteiger partial charge in [-0.05, 0) is 6.92 Å². The highest BCUT2D eigenvalue weighted by Crippen LogP contribution is 2.09. The van der Waals surface area contributed by atoms with Crippen LogP contribution in [0.15, 0.2) is 37.5 Å². The fourth-order valence-electron chi connectivity index (χ4n) is 0.759. The van der Waals surface area contributed by atoms with Gasteiger partial charge in [0.05, 0.1) is 6.61 Å². The molecule has 2 aliphatic heterocycles. The van der Waals surface area contributed by atoms with Crippen LogP contribution < -0.4 is 0 Å². The number of hydrogen-bond donors (Lipinski definition) is 0. The first-order valence-electron chi connectivity index (χ1n) is 5.37. The van der Waals surface area contributed by atoms with E-state index in [1.165, 1.54) is 0 Å². The fraction of sp³-hybridized carbons (Fsp3) is 0.308. The largest absolute Gasteiger partial charge is 0.459 e. The third kappa shape index (κ3) is 8.50. The van der Waals surface area contributed by atoms with E-state index < -0.39 is 11.9 Å². The number of epoxide rings is 1. The Morgan fingerprint density at radius 1 is 1.37 bits per heavy atom. The maximum atomic E-state index is 10.7. The Balaban J connectivity index is 0.000000316. The van der Waals surface area contributed by atoms with Gasteiger partial charge in [-0.2, -0.15) is 0 Å². The number of hydrogen-bond acceptors (Lipinski definition) is 6. The zero-order chi connectivity index (χ0) is 14.8. The molecule has 19 heavy (non-hydrogen) atoms. The number of esters is 3. The van der Waals surface area contributed by atoms with Crippen molar-refractivity contribution < 1.29 is 28.6 Å². The first-order chi connectivity index (χ1) is 8.99. The van der Waals surface area contributed by atoms with Crippen molar-refractivity contribution in [3.63, 3.8) is 0 Å². The molecule has 1 atom stereocenters. The van der Waals surface area contributed by atoms with Gasteiger partial charge in [-0.15, -0.1) is 13.2 Å². The summed E-state index contributed by atoms with van der Waals surface area (Å²) in [6, 6.07) is 0. The van der Waals surface area contributed by atoms with Crippen molar-refractivity contribution in [1.82, 2.24) is 0 Å². The molecule has 6 nitrogen and oxygen atoms in total. The minimum absolute atomic E-state index is 0.142. The molecule has 0 saturated carbocycles. The average Bonchev–Trinajstić information content (AvgIpc) is 3.14. The Morgan fingerprint density at radius 2 is 1.84 bits per heavy atom. The maximum Gasteiger partial charge on any atom is 0.338 e. The molecule has 0 aromatic heterocycles. The normalized spacial score (nSPS) is 18.3. The molecule has 2 aliphatic rings. The summed E-state index contributed by atoms with van der Waals surface area (Å²) in [5, 5.41) is 0. The number of cyclic esters (lactones) is 2. The highest BCUT2D eigenvalue weighted by atomic mass is 16.6. The molecule has 0 radical (unpaired) electrons. The summed E-state index contributed by atoms with van der Waals surface area (Å²) >= 11 is 0. The second-order valence-electron chi connectivity index (χ2n) is 3.41. The topological polar surface area (TPSA) is 82.2 Å². The van der Waals surface area contributed by atoms with Crippen molar-refractivity contribution in [2.75, 3.05) is 13.2 Å². The third-order valence-corrected chi connectivity index (χ3v) is 1.71. The van der Waals surface area contributed by atoms with Gasteiger partial charge in [0.1, 0.15) is 12.7 Å². The van der Waals surface area contributed by atoms with Crippen molar-refractivity contribution in [1.29, 1.82) is 0 Å². The van der Waals surface area contributed by atoms with Crippen LogP contribution in [-0.2, 0) is 28.6 Å². The van der Waals surface area contributed by atoms with Crippen LogP contribution in [0.1, 0.15) is 6.92 Å². The van der Waals surface area contributed by atoms with Gasteiger partial charge in [0.25, 0.3) is 0 Å². The van der Waals surface area contributed by atoms with Gasteiger partial charge >= 0.3 is 17.9 Å². The molecule has 0 spiro atoms. The van der Waals surface area contributed by atoms with Crippen LogP contribution in [0.4, 0.5) is 0 Å². The van der Waals surface area contributed by atoms with Crippen molar-refractivity contribution in [3.8, 4) is 0 Å². The smallest absolute Gasteiger partial charge is 0.338 e. The van der Waals surface area contributed by atoms with E-state index in [1.54, 1.807) is 6.92 Å². The number of carbonyl (C=O) groups excluding carboxylic acids is 3. The molecule has 104 valence electrons. The Morgan fingerprint density at radius 3 is 2.11 bits per heavy atom. The maximum absolute atomic E-state index is 10.7. The van der Waals surface area contributed by atoms with Gasteiger partial charge in [0, 0.05) is 17.7 Å². The second kappa shape index (κ2) is 8.82. The molecule has 0 aromatic carbocycles. The van der Waals surface area contributed by atoms with Gasteiger partial charge in [0.15, 0.2) is 0 Å². The van der Waals surface area contributed by atoms with Crippen molar-refractivity contribution >= 4 is 17.9 Å². The highest BCUT2D eigenvalue weighted by molar-refractivity contribution is 6.04. The standard InChI is InChI=1S/C7H10O3.C4H2O3.C2H4/c1-5(2)7(8)10-4-6-3-9-6;5-3-1-2-4(6)7-3;1-2/h6H,1,3-4H2,2H3;1-2H;1-2H2. The Labute approximate surface area is 111 Å². The van der Waals surface area contributed by atoms with Gasteiger partial charge < -0.3 is 14.2 Å². The summed E-state index contributed by atoms with van der Waals surface area (Å²) < 4.78 is 13.6. The van der Waals surface area contributed by atoms with E-state index in [9.17, 15) is 14.4 Å². The van der Waals surface area contributed by atoms with E-state index >= 15 is 0 Å². The molecule has 0 aliphatic carbocycles. The predicted octanol–water partition coefficient (Wildman–Crippen LogP) is 0.933. The lowest BCUT2D eigenvalue weighted by atomic mass is 10.4. The zero-order valence-corrected chi connectivity index (χ0v) is 10.7. The molecule has 2 heterocycles. The monoisotopic (exact) mass is 268 g/mol. The number of ether oxygens (including phenoxy) is 3. The SMILES string of the molecule is C=C.C=C(C)C(=O)OCC1CO1.O=C1C=CC(=O)O1. The molecule has 0 N–H and O–H groups in total. The molecule has 1 saturated heterocycles. The molecule has 1 fully saturated rings. The molecule has 6 heteroatoms. The molecule has 1 unspecified atom stereocenters. The van der Waals surface area contributed by atoms with Crippen LogP contribution in [0.2, 0.25) is 0 Å². The van der Waals surface area contributed by atoms with E-state index in [4.69, 9.17) is 9.47 Å². The van der Waals surface area contributed by atoms with E-state index in [-0.39, 0.29) is 12.1 Å². The van der Waals surface area contributed by atoms with Gasteiger partial charge in [-0.25, -0.2) is 14.4 Å². The summed E-state index contributed by atoms with van der Waals surface area (Å²) in [6.07, 6.45) is 2.31. The number of carbonyl (C=O) groups is 3. The van der Waals surface area contributed by atoms with Crippen LogP contribution in [0.25, 0.3) is 0 Å². The third-order valence-electron chi connectivity index (χ3n) is 1.71. The summed E-state index contributed by atoms with van der Waals surface area (Å²) in [4.78, 5) is 30.5. The summed E-state index contributed by atoms with van der Waals surface area (Å²) in [5.41, 5.74) is 0.431. The minimum atomic E-state index is -0.579. The van der Waals surface area contributed by atoms with Gasteiger partial charge in [-0.1, -0.05) is 6.58 Å².